The zero-order chi connectivity index (χ0) is 22.2. The van der Waals surface area contributed by atoms with Gasteiger partial charge in [-0.1, -0.05) is 61.9 Å². The number of hydrogen-bond acceptors (Lipinski definition) is 5. The molecule has 3 rings (SSSR count). The van der Waals surface area contributed by atoms with Gasteiger partial charge in [-0.25, -0.2) is 4.79 Å². The van der Waals surface area contributed by atoms with Crippen LogP contribution in [0.2, 0.25) is 10.0 Å². The van der Waals surface area contributed by atoms with Crippen molar-refractivity contribution in [2.75, 3.05) is 13.2 Å². The first kappa shape index (κ1) is 23.6. The lowest BCUT2D eigenvalue weighted by Gasteiger charge is -2.27. The Morgan fingerprint density at radius 2 is 1.90 bits per heavy atom. The number of benzene rings is 2. The van der Waals surface area contributed by atoms with Crippen molar-refractivity contribution >= 4 is 41.8 Å². The molecule has 0 N–H and O–H groups in total. The summed E-state index contributed by atoms with van der Waals surface area (Å²) in [5.41, 5.74) is 1.28. The van der Waals surface area contributed by atoms with Gasteiger partial charge in [0, 0.05) is 25.2 Å². The molecule has 0 amide bonds. The summed E-state index contributed by atoms with van der Waals surface area (Å²) < 4.78 is 17.1. The third-order valence-corrected chi connectivity index (χ3v) is 5.81. The molecule has 1 aliphatic heterocycles. The number of unbranched alkanes of at least 4 members (excludes halogenated alkanes) is 3. The molecule has 0 atom stereocenters. The third kappa shape index (κ3) is 6.47. The van der Waals surface area contributed by atoms with Crippen LogP contribution in [0.4, 0.5) is 0 Å². The Kier molecular flexibility index (Phi) is 8.80. The minimum atomic E-state index is -0.616. The van der Waals surface area contributed by atoms with Crippen molar-refractivity contribution in [1.29, 1.82) is 5.26 Å². The molecule has 31 heavy (non-hydrogen) atoms. The van der Waals surface area contributed by atoms with Gasteiger partial charge in [-0.15, -0.1) is 0 Å². The largest absolute Gasteiger partial charge is 0.493 e. The van der Waals surface area contributed by atoms with E-state index in [4.69, 9.17) is 42.5 Å². The van der Waals surface area contributed by atoms with E-state index >= 15 is 0 Å². The van der Waals surface area contributed by atoms with Gasteiger partial charge in [0.15, 0.2) is 0 Å². The molecule has 162 valence electrons. The van der Waals surface area contributed by atoms with Crippen LogP contribution in [0.25, 0.3) is 0 Å². The highest BCUT2D eigenvalue weighted by Gasteiger charge is 2.30. The van der Waals surface area contributed by atoms with Crippen molar-refractivity contribution < 1.29 is 18.8 Å². The predicted molar refractivity (Wildman–Crippen MR) is 122 cm³/mol. The molecule has 1 fully saturated rings. The first-order valence-electron chi connectivity index (χ1n) is 10.5. The van der Waals surface area contributed by atoms with Gasteiger partial charge in [-0.3, -0.25) is 0 Å². The van der Waals surface area contributed by atoms with Gasteiger partial charge in [0.25, 0.3) is 0 Å². The fourth-order valence-corrected chi connectivity index (χ4v) is 3.90. The van der Waals surface area contributed by atoms with Crippen LogP contribution in [-0.4, -0.2) is 26.3 Å². The maximum Gasteiger partial charge on any atom is 0.493 e. The highest BCUT2D eigenvalue weighted by Crippen LogP contribution is 2.24. The summed E-state index contributed by atoms with van der Waals surface area (Å²) in [7, 11) is -0.494. The van der Waals surface area contributed by atoms with Crippen LogP contribution >= 0.6 is 23.2 Å². The van der Waals surface area contributed by atoms with E-state index in [9.17, 15) is 4.79 Å². The van der Waals surface area contributed by atoms with Gasteiger partial charge < -0.3 is 14.0 Å². The predicted octanol–water partition coefficient (Wildman–Crippen LogP) is 5.41. The molecular formula is C23H24BCl2NO4. The summed E-state index contributed by atoms with van der Waals surface area (Å²) in [6.07, 6.45) is 6.05. The standard InChI is InChI=1S/C23H24BCl2NO4/c1-2-3-4-5-6-16-14-29-24(30-15-16)18-8-10-20(22(26)11-18)23(28)31-19-9-7-17(13-27)21(25)12-19/h7-12,16H,2-6,14-15H2,1H3. The van der Waals surface area contributed by atoms with Gasteiger partial charge in [-0.05, 0) is 36.1 Å². The molecule has 1 heterocycles. The van der Waals surface area contributed by atoms with Crippen molar-refractivity contribution in [3.05, 3.63) is 57.6 Å². The maximum absolute atomic E-state index is 12.5. The van der Waals surface area contributed by atoms with Crippen LogP contribution in [0.15, 0.2) is 36.4 Å². The number of carbonyl (C=O) groups excluding carboxylic acids is 1. The Bertz CT molecular complexity index is 955. The zero-order valence-corrected chi connectivity index (χ0v) is 18.9. The number of halogens is 2. The summed E-state index contributed by atoms with van der Waals surface area (Å²) >= 11 is 12.3. The smallest absolute Gasteiger partial charge is 0.423 e. The summed E-state index contributed by atoms with van der Waals surface area (Å²) in [6.45, 7) is 3.51. The van der Waals surface area contributed by atoms with E-state index in [-0.39, 0.29) is 21.4 Å². The Hall–Kier alpha value is -2.04. The van der Waals surface area contributed by atoms with E-state index in [0.29, 0.717) is 24.7 Å². The first-order chi connectivity index (χ1) is 15.0. The molecule has 1 aliphatic rings. The molecule has 0 aromatic heterocycles. The van der Waals surface area contributed by atoms with Crippen molar-refractivity contribution in [3.63, 3.8) is 0 Å². The molecule has 0 radical (unpaired) electrons. The number of esters is 1. The minimum absolute atomic E-state index is 0.213. The van der Waals surface area contributed by atoms with Crippen molar-refractivity contribution in [2.45, 2.75) is 39.0 Å². The minimum Gasteiger partial charge on any atom is -0.423 e. The molecule has 0 unspecified atom stereocenters. The second kappa shape index (κ2) is 11.5. The average Bonchev–Trinajstić information content (AvgIpc) is 2.77. The number of nitrogens with zero attached hydrogens (tertiary/aromatic N) is 1. The van der Waals surface area contributed by atoms with E-state index in [0.717, 1.165) is 11.9 Å². The molecule has 0 spiro atoms. The van der Waals surface area contributed by atoms with Crippen molar-refractivity contribution in [3.8, 4) is 11.8 Å². The van der Waals surface area contributed by atoms with Crippen molar-refractivity contribution in [1.82, 2.24) is 0 Å². The van der Waals surface area contributed by atoms with Crippen LogP contribution < -0.4 is 10.2 Å². The quantitative estimate of drug-likeness (QED) is 0.228. The SMILES string of the molecule is CCCCCCC1COB(c2ccc(C(=O)Oc3ccc(C#N)c(Cl)c3)c(Cl)c2)OC1. The summed E-state index contributed by atoms with van der Waals surface area (Å²) in [5.74, 6) is 0.0325. The molecule has 2 aromatic rings. The number of rotatable bonds is 8. The van der Waals surface area contributed by atoms with Gasteiger partial charge in [0.1, 0.15) is 11.8 Å². The molecule has 2 aromatic carbocycles. The van der Waals surface area contributed by atoms with Gasteiger partial charge in [0.05, 0.1) is 21.2 Å². The lowest BCUT2D eigenvalue weighted by atomic mass is 9.77. The highest BCUT2D eigenvalue weighted by molar-refractivity contribution is 6.61. The summed E-state index contributed by atoms with van der Waals surface area (Å²) in [5, 5.41) is 9.39. The maximum atomic E-state index is 12.5. The van der Waals surface area contributed by atoms with Crippen molar-refractivity contribution in [2.24, 2.45) is 5.92 Å². The Labute approximate surface area is 193 Å². The van der Waals surface area contributed by atoms with Crippen LogP contribution in [0.1, 0.15) is 54.9 Å². The molecule has 5 nitrogen and oxygen atoms in total. The van der Waals surface area contributed by atoms with E-state index < -0.39 is 13.1 Å². The first-order valence-corrected chi connectivity index (χ1v) is 11.2. The van der Waals surface area contributed by atoms with Crippen LogP contribution in [-0.2, 0) is 9.31 Å². The number of nitriles is 1. The molecule has 8 heteroatoms. The molecule has 0 aliphatic carbocycles. The Morgan fingerprint density at radius 1 is 1.13 bits per heavy atom. The highest BCUT2D eigenvalue weighted by atomic mass is 35.5. The van der Waals surface area contributed by atoms with Crippen LogP contribution in [0, 0.1) is 17.2 Å². The fourth-order valence-electron chi connectivity index (χ4n) is 3.42. The second-order valence-electron chi connectivity index (χ2n) is 7.60. The van der Waals surface area contributed by atoms with Crippen LogP contribution in [0.3, 0.4) is 0 Å². The normalized spacial score (nSPS) is 14.3. The van der Waals surface area contributed by atoms with Gasteiger partial charge in [-0.2, -0.15) is 5.26 Å². The molecular weight excluding hydrogens is 436 g/mol. The van der Waals surface area contributed by atoms with E-state index in [1.54, 1.807) is 18.2 Å². The number of ether oxygens (including phenoxy) is 1. The topological polar surface area (TPSA) is 68.5 Å². The van der Waals surface area contributed by atoms with Gasteiger partial charge >= 0.3 is 13.1 Å². The summed E-state index contributed by atoms with van der Waals surface area (Å²) in [6, 6.07) is 11.4. The monoisotopic (exact) mass is 459 g/mol. The number of hydrogen-bond donors (Lipinski definition) is 0. The lowest BCUT2D eigenvalue weighted by Crippen LogP contribution is -2.44. The Balaban J connectivity index is 1.57. The lowest BCUT2D eigenvalue weighted by molar-refractivity contribution is 0.0734. The third-order valence-electron chi connectivity index (χ3n) is 5.19. The average molecular weight is 460 g/mol. The molecule has 1 saturated heterocycles. The van der Waals surface area contributed by atoms with Crippen LogP contribution in [0.5, 0.6) is 5.75 Å². The second-order valence-corrected chi connectivity index (χ2v) is 8.41. The Morgan fingerprint density at radius 3 is 2.55 bits per heavy atom. The number of carbonyl (C=O) groups is 1. The summed E-state index contributed by atoms with van der Waals surface area (Å²) in [4.78, 5) is 12.5. The van der Waals surface area contributed by atoms with E-state index in [2.05, 4.69) is 6.92 Å². The fraction of sp³-hybridized carbons (Fsp3) is 0.391. The molecule has 0 bridgehead atoms. The van der Waals surface area contributed by atoms with E-state index in [1.807, 2.05) is 6.07 Å². The van der Waals surface area contributed by atoms with E-state index in [1.165, 1.54) is 43.9 Å². The van der Waals surface area contributed by atoms with Gasteiger partial charge in [0.2, 0.25) is 0 Å². The molecule has 0 saturated carbocycles. The zero-order valence-electron chi connectivity index (χ0n) is 17.4.